The average molecular weight is 438 g/mol. The van der Waals surface area contributed by atoms with Crippen molar-refractivity contribution in [1.29, 1.82) is 0 Å². The first-order valence-electron chi connectivity index (χ1n) is 9.81. The number of hydrogen-bond donors (Lipinski definition) is 3. The molecule has 0 aliphatic heterocycles. The summed E-state index contributed by atoms with van der Waals surface area (Å²) in [5.74, 6) is -1.43. The Bertz CT molecular complexity index is 1190. The number of benzene rings is 2. The number of amides is 2. The number of rotatable bonds is 7. The summed E-state index contributed by atoms with van der Waals surface area (Å²) >= 11 is 0. The molecule has 3 aromatic rings. The van der Waals surface area contributed by atoms with E-state index in [2.05, 4.69) is 20.8 Å². The highest BCUT2D eigenvalue weighted by Gasteiger charge is 2.22. The molecule has 1 aromatic heterocycles. The summed E-state index contributed by atoms with van der Waals surface area (Å²) in [5, 5.41) is 11.7. The van der Waals surface area contributed by atoms with Gasteiger partial charge in [-0.3, -0.25) is 9.89 Å². The Labute approximate surface area is 182 Å². The molecule has 0 saturated heterocycles. The van der Waals surface area contributed by atoms with Crippen LogP contribution in [0.2, 0.25) is 0 Å². The normalized spacial score (nSPS) is 11.4. The molecular formula is C22H22N4O6. The summed E-state index contributed by atoms with van der Waals surface area (Å²) in [5.41, 5.74) is 0.502. The molecule has 3 rings (SSSR count). The Morgan fingerprint density at radius 3 is 2.56 bits per heavy atom. The van der Waals surface area contributed by atoms with Gasteiger partial charge in [0.05, 0.1) is 24.6 Å². The zero-order chi connectivity index (χ0) is 23.1. The summed E-state index contributed by atoms with van der Waals surface area (Å²) in [6, 6.07) is 12.1. The molecule has 0 fully saturated rings. The second-order valence-corrected chi connectivity index (χ2v) is 6.75. The van der Waals surface area contributed by atoms with Crippen molar-refractivity contribution in [1.82, 2.24) is 15.5 Å². The number of anilines is 1. The molecule has 32 heavy (non-hydrogen) atoms. The number of hydrogen-bond acceptors (Lipinski definition) is 7. The highest BCUT2D eigenvalue weighted by atomic mass is 16.5. The van der Waals surface area contributed by atoms with Crippen LogP contribution in [0.1, 0.15) is 23.0 Å². The summed E-state index contributed by atoms with van der Waals surface area (Å²) < 4.78 is 9.62. The van der Waals surface area contributed by atoms with Crippen LogP contribution in [0.15, 0.2) is 53.3 Å². The summed E-state index contributed by atoms with van der Waals surface area (Å²) in [6.07, 6.45) is 0.243. The average Bonchev–Trinajstić information content (AvgIpc) is 2.79. The lowest BCUT2D eigenvalue weighted by atomic mass is 10.1. The summed E-state index contributed by atoms with van der Waals surface area (Å²) in [6.45, 7) is 1.72. The minimum absolute atomic E-state index is 0.101. The molecular weight excluding hydrogens is 416 g/mol. The van der Waals surface area contributed by atoms with Gasteiger partial charge >= 0.3 is 18.0 Å². The van der Waals surface area contributed by atoms with Crippen LogP contribution in [0.5, 0.6) is 0 Å². The third-order valence-electron chi connectivity index (χ3n) is 4.57. The first-order valence-corrected chi connectivity index (χ1v) is 9.81. The number of carbonyl (C=O) groups is 3. The van der Waals surface area contributed by atoms with Crippen molar-refractivity contribution in [2.75, 3.05) is 19.0 Å². The number of nitrogens with zero attached hydrogens (tertiary/aromatic N) is 1. The molecule has 166 valence electrons. The van der Waals surface area contributed by atoms with E-state index in [4.69, 9.17) is 9.47 Å². The Morgan fingerprint density at radius 2 is 1.88 bits per heavy atom. The van der Waals surface area contributed by atoms with Crippen LogP contribution in [0.25, 0.3) is 10.9 Å². The van der Waals surface area contributed by atoms with Crippen molar-refractivity contribution in [3.8, 4) is 0 Å². The molecule has 2 amide bonds. The van der Waals surface area contributed by atoms with Gasteiger partial charge < -0.3 is 20.1 Å². The second-order valence-electron chi connectivity index (χ2n) is 6.75. The monoisotopic (exact) mass is 438 g/mol. The summed E-state index contributed by atoms with van der Waals surface area (Å²) in [4.78, 5) is 49.2. The molecule has 0 bridgehead atoms. The van der Waals surface area contributed by atoms with E-state index in [1.54, 1.807) is 13.0 Å². The minimum Gasteiger partial charge on any atom is -0.467 e. The molecule has 0 radical (unpaired) electrons. The van der Waals surface area contributed by atoms with Gasteiger partial charge in [0.15, 0.2) is 0 Å². The van der Waals surface area contributed by atoms with E-state index in [1.165, 1.54) is 19.2 Å². The smallest absolute Gasteiger partial charge is 0.362 e. The topological polar surface area (TPSA) is 139 Å². The van der Waals surface area contributed by atoms with E-state index >= 15 is 0 Å². The molecule has 0 aliphatic rings. The molecule has 1 atom stereocenters. The number of fused-ring (bicyclic) bond motifs is 1. The van der Waals surface area contributed by atoms with Gasteiger partial charge in [0.2, 0.25) is 11.1 Å². The van der Waals surface area contributed by atoms with E-state index in [0.29, 0.717) is 5.52 Å². The van der Waals surface area contributed by atoms with Crippen molar-refractivity contribution < 1.29 is 23.9 Å². The molecule has 1 unspecified atom stereocenters. The predicted molar refractivity (Wildman–Crippen MR) is 116 cm³/mol. The van der Waals surface area contributed by atoms with Gasteiger partial charge in [0.25, 0.3) is 0 Å². The first-order chi connectivity index (χ1) is 15.4. The Kier molecular flexibility index (Phi) is 7.17. The van der Waals surface area contributed by atoms with Gasteiger partial charge in [0, 0.05) is 12.1 Å². The highest BCUT2D eigenvalue weighted by Crippen LogP contribution is 2.15. The maximum absolute atomic E-state index is 12.6. The fourth-order valence-corrected chi connectivity index (χ4v) is 3.05. The molecule has 3 N–H and O–H groups in total. The number of aromatic nitrogens is 2. The molecule has 1 heterocycles. The first kappa shape index (κ1) is 22.5. The van der Waals surface area contributed by atoms with Gasteiger partial charge in [-0.2, -0.15) is 5.10 Å². The molecule has 0 aliphatic carbocycles. The van der Waals surface area contributed by atoms with Crippen LogP contribution >= 0.6 is 0 Å². The maximum Gasteiger partial charge on any atom is 0.362 e. The largest absolute Gasteiger partial charge is 0.467 e. The number of esters is 2. The summed E-state index contributed by atoms with van der Waals surface area (Å²) in [7, 11) is 1.24. The Balaban J connectivity index is 1.78. The lowest BCUT2D eigenvalue weighted by Crippen LogP contribution is -2.45. The van der Waals surface area contributed by atoms with Crippen LogP contribution in [0.4, 0.5) is 10.5 Å². The van der Waals surface area contributed by atoms with E-state index in [1.807, 2.05) is 30.3 Å². The molecule has 0 spiro atoms. The lowest BCUT2D eigenvalue weighted by molar-refractivity contribution is -0.142. The molecule has 10 heteroatoms. The van der Waals surface area contributed by atoms with Crippen molar-refractivity contribution in [2.24, 2.45) is 0 Å². The van der Waals surface area contributed by atoms with Crippen molar-refractivity contribution in [2.45, 2.75) is 19.4 Å². The van der Waals surface area contributed by atoms with E-state index in [0.717, 1.165) is 5.56 Å². The lowest BCUT2D eigenvalue weighted by Gasteiger charge is -2.17. The van der Waals surface area contributed by atoms with Crippen molar-refractivity contribution in [3.63, 3.8) is 0 Å². The SMILES string of the molecule is CCOC(=O)c1n[nH]c2ccc(NC(=O)NC(Cc3ccccc3)C(=O)OC)cc2c1=O. The number of ether oxygens (including phenoxy) is 2. The fourth-order valence-electron chi connectivity index (χ4n) is 3.05. The van der Waals surface area contributed by atoms with Gasteiger partial charge in [0.1, 0.15) is 6.04 Å². The van der Waals surface area contributed by atoms with Crippen molar-refractivity contribution in [3.05, 3.63) is 70.0 Å². The van der Waals surface area contributed by atoms with Crippen LogP contribution in [-0.4, -0.2) is 47.9 Å². The zero-order valence-electron chi connectivity index (χ0n) is 17.5. The maximum atomic E-state index is 12.6. The van der Waals surface area contributed by atoms with Crippen LogP contribution in [0, 0.1) is 0 Å². The van der Waals surface area contributed by atoms with Crippen molar-refractivity contribution >= 4 is 34.6 Å². The number of H-pyrrole nitrogens is 1. The minimum atomic E-state index is -0.911. The molecule has 0 saturated carbocycles. The van der Waals surface area contributed by atoms with Gasteiger partial charge in [-0.25, -0.2) is 14.4 Å². The van der Waals surface area contributed by atoms with Crippen LogP contribution in [0.3, 0.4) is 0 Å². The number of urea groups is 1. The molecule has 10 nitrogen and oxygen atoms in total. The standard InChI is InChI=1S/C22H22N4O6/c1-3-32-21(29)18-19(27)15-12-14(9-10-16(15)25-26-18)23-22(30)24-17(20(28)31-2)11-13-7-5-4-6-8-13/h4-10,12,17H,3,11H2,1-2H3,(H,25,27)(H2,23,24,30). The number of nitrogens with one attached hydrogen (secondary N) is 3. The molecule has 2 aromatic carbocycles. The quantitative estimate of drug-likeness (QED) is 0.479. The zero-order valence-corrected chi connectivity index (χ0v) is 17.5. The van der Waals surface area contributed by atoms with Gasteiger partial charge in [-0.15, -0.1) is 0 Å². The van der Waals surface area contributed by atoms with E-state index < -0.39 is 29.4 Å². The number of methoxy groups -OCH3 is 1. The predicted octanol–water partition coefficient (Wildman–Crippen LogP) is 2.01. The second kappa shape index (κ2) is 10.2. The number of aromatic amines is 1. The van der Waals surface area contributed by atoms with E-state index in [-0.39, 0.29) is 29.8 Å². The highest BCUT2D eigenvalue weighted by molar-refractivity contribution is 5.96. The third-order valence-corrected chi connectivity index (χ3v) is 4.57. The Hall–Kier alpha value is -4.21. The fraction of sp³-hybridized carbons (Fsp3) is 0.227. The van der Waals surface area contributed by atoms with Gasteiger partial charge in [-0.05, 0) is 30.7 Å². The van der Waals surface area contributed by atoms with Crippen LogP contribution < -0.4 is 16.1 Å². The third kappa shape index (κ3) is 5.28. The number of carbonyl (C=O) groups excluding carboxylic acids is 3. The van der Waals surface area contributed by atoms with Gasteiger partial charge in [-0.1, -0.05) is 30.3 Å². The van der Waals surface area contributed by atoms with E-state index in [9.17, 15) is 19.2 Å². The Morgan fingerprint density at radius 1 is 1.12 bits per heavy atom. The van der Waals surface area contributed by atoms with Crippen LogP contribution in [-0.2, 0) is 20.7 Å².